The topological polar surface area (TPSA) is 105 Å². The molecular formula is C27H27FN6O4. The van der Waals surface area contributed by atoms with Gasteiger partial charge in [-0.15, -0.1) is 5.10 Å². The SMILES string of the molecule is O=C(O)OC1CCN(c2cccc(-c3cnc4ccc(N5CCOCC5c5cccc(F)c5)nn34)n2)CC1. The molecule has 1 unspecified atom stereocenters. The molecule has 0 aliphatic carbocycles. The van der Waals surface area contributed by atoms with E-state index < -0.39 is 6.16 Å². The minimum absolute atomic E-state index is 0.161. The first-order chi connectivity index (χ1) is 18.5. The van der Waals surface area contributed by atoms with Crippen LogP contribution in [0.25, 0.3) is 17.0 Å². The number of ether oxygens (including phenoxy) is 2. The summed E-state index contributed by atoms with van der Waals surface area (Å²) in [6.07, 6.45) is 1.47. The molecule has 4 aromatic rings. The van der Waals surface area contributed by atoms with Crippen molar-refractivity contribution in [1.82, 2.24) is 19.6 Å². The predicted molar refractivity (Wildman–Crippen MR) is 138 cm³/mol. The number of hydrogen-bond donors (Lipinski definition) is 1. The highest BCUT2D eigenvalue weighted by molar-refractivity contribution is 5.63. The van der Waals surface area contributed by atoms with Crippen LogP contribution < -0.4 is 9.80 Å². The van der Waals surface area contributed by atoms with Crippen LogP contribution in [0.4, 0.5) is 20.8 Å². The molecule has 2 aliphatic rings. The number of pyridine rings is 1. The summed E-state index contributed by atoms with van der Waals surface area (Å²) >= 11 is 0. The van der Waals surface area contributed by atoms with Gasteiger partial charge in [0.25, 0.3) is 0 Å². The van der Waals surface area contributed by atoms with Crippen LogP contribution in [0.3, 0.4) is 0 Å². The number of nitrogens with zero attached hydrogens (tertiary/aromatic N) is 6. The van der Waals surface area contributed by atoms with Gasteiger partial charge in [-0.25, -0.2) is 23.7 Å². The number of carboxylic acid groups (broad SMARTS) is 1. The number of hydrogen-bond acceptors (Lipinski definition) is 8. The molecule has 1 atom stereocenters. The number of rotatable bonds is 5. The second kappa shape index (κ2) is 10.3. The monoisotopic (exact) mass is 518 g/mol. The average Bonchev–Trinajstić information content (AvgIpc) is 3.37. The fourth-order valence-corrected chi connectivity index (χ4v) is 5.15. The highest BCUT2D eigenvalue weighted by Gasteiger charge is 2.27. The lowest BCUT2D eigenvalue weighted by molar-refractivity contribution is 0.0415. The molecule has 1 aromatic carbocycles. The summed E-state index contributed by atoms with van der Waals surface area (Å²) in [5, 5.41) is 13.8. The van der Waals surface area contributed by atoms with E-state index >= 15 is 0 Å². The highest BCUT2D eigenvalue weighted by Crippen LogP contribution is 2.30. The highest BCUT2D eigenvalue weighted by atomic mass is 19.1. The summed E-state index contributed by atoms with van der Waals surface area (Å²) in [7, 11) is 0. The summed E-state index contributed by atoms with van der Waals surface area (Å²) in [6.45, 7) is 2.93. The number of imidazole rings is 1. The Morgan fingerprint density at radius 2 is 1.89 bits per heavy atom. The second-order valence-electron chi connectivity index (χ2n) is 9.40. The molecule has 2 fully saturated rings. The number of morpholine rings is 1. The van der Waals surface area contributed by atoms with E-state index in [2.05, 4.69) is 14.8 Å². The zero-order valence-corrected chi connectivity index (χ0v) is 20.6. The predicted octanol–water partition coefficient (Wildman–Crippen LogP) is 4.17. The molecule has 11 heteroatoms. The van der Waals surface area contributed by atoms with Crippen molar-refractivity contribution >= 4 is 23.4 Å². The van der Waals surface area contributed by atoms with Crippen molar-refractivity contribution in [3.63, 3.8) is 0 Å². The normalized spacial score (nSPS) is 18.6. The van der Waals surface area contributed by atoms with Crippen LogP contribution in [0.2, 0.25) is 0 Å². The molecule has 0 bridgehead atoms. The Morgan fingerprint density at radius 3 is 2.71 bits per heavy atom. The standard InChI is InChI=1S/C27H27FN6O4/c28-19-4-1-3-18(15-19)23-17-37-14-13-33(23)26-8-7-24-29-16-22(34(24)31-26)21-5-2-6-25(30-21)32-11-9-20(10-12-32)38-27(35)36/h1-8,15-16,20,23H,9-14,17H2,(H,35,36). The number of carbonyl (C=O) groups is 1. The quantitative estimate of drug-likeness (QED) is 0.390. The molecular weight excluding hydrogens is 491 g/mol. The van der Waals surface area contributed by atoms with Gasteiger partial charge in [-0.1, -0.05) is 18.2 Å². The van der Waals surface area contributed by atoms with E-state index in [4.69, 9.17) is 24.7 Å². The summed E-state index contributed by atoms with van der Waals surface area (Å²) in [6, 6.07) is 16.1. The average molecular weight is 519 g/mol. The third-order valence-corrected chi connectivity index (χ3v) is 7.03. The fourth-order valence-electron chi connectivity index (χ4n) is 5.15. The maximum Gasteiger partial charge on any atom is 0.506 e. The van der Waals surface area contributed by atoms with Crippen LogP contribution in [-0.2, 0) is 9.47 Å². The lowest BCUT2D eigenvalue weighted by atomic mass is 10.0. The third-order valence-electron chi connectivity index (χ3n) is 7.03. The van der Waals surface area contributed by atoms with Gasteiger partial charge in [-0.2, -0.15) is 0 Å². The lowest BCUT2D eigenvalue weighted by Gasteiger charge is -2.36. The zero-order chi connectivity index (χ0) is 26.1. The maximum absolute atomic E-state index is 14.0. The second-order valence-corrected chi connectivity index (χ2v) is 9.40. The van der Waals surface area contributed by atoms with E-state index in [0.29, 0.717) is 51.3 Å². The molecule has 2 aliphatic heterocycles. The van der Waals surface area contributed by atoms with E-state index in [9.17, 15) is 9.18 Å². The first-order valence-corrected chi connectivity index (χ1v) is 12.6. The molecule has 5 heterocycles. The number of aromatic nitrogens is 4. The van der Waals surface area contributed by atoms with Gasteiger partial charge in [0.2, 0.25) is 0 Å². The zero-order valence-electron chi connectivity index (χ0n) is 20.6. The van der Waals surface area contributed by atoms with Crippen LogP contribution in [0.15, 0.2) is 60.8 Å². The van der Waals surface area contributed by atoms with E-state index in [0.717, 1.165) is 28.6 Å². The summed E-state index contributed by atoms with van der Waals surface area (Å²) in [5.74, 6) is 1.27. The lowest BCUT2D eigenvalue weighted by Crippen LogP contribution is -2.40. The van der Waals surface area contributed by atoms with Crippen molar-refractivity contribution < 1.29 is 23.8 Å². The molecule has 0 radical (unpaired) electrons. The van der Waals surface area contributed by atoms with Crippen LogP contribution in [0.1, 0.15) is 24.4 Å². The molecule has 38 heavy (non-hydrogen) atoms. The fraction of sp³-hybridized carbons (Fsp3) is 0.333. The van der Waals surface area contributed by atoms with E-state index in [1.54, 1.807) is 22.8 Å². The van der Waals surface area contributed by atoms with Crippen LogP contribution in [-0.4, -0.2) is 69.8 Å². The Kier molecular flexibility index (Phi) is 6.50. The van der Waals surface area contributed by atoms with Crippen molar-refractivity contribution in [1.29, 1.82) is 0 Å². The van der Waals surface area contributed by atoms with Gasteiger partial charge in [-0.3, -0.25) is 0 Å². The summed E-state index contributed by atoms with van der Waals surface area (Å²) in [4.78, 5) is 24.5. The number of benzene rings is 1. The number of halogens is 1. The van der Waals surface area contributed by atoms with E-state index in [-0.39, 0.29) is 18.0 Å². The molecule has 196 valence electrons. The molecule has 0 saturated carbocycles. The van der Waals surface area contributed by atoms with Gasteiger partial charge in [-0.05, 0) is 42.0 Å². The van der Waals surface area contributed by atoms with Crippen molar-refractivity contribution in [2.45, 2.75) is 25.0 Å². The van der Waals surface area contributed by atoms with E-state index in [1.807, 2.05) is 36.4 Å². The minimum Gasteiger partial charge on any atom is -0.450 e. The Hall–Kier alpha value is -4.25. The molecule has 0 amide bonds. The molecule has 1 N–H and O–H groups in total. The van der Waals surface area contributed by atoms with Gasteiger partial charge >= 0.3 is 6.16 Å². The molecule has 10 nitrogen and oxygen atoms in total. The van der Waals surface area contributed by atoms with Crippen molar-refractivity contribution in [3.05, 3.63) is 72.2 Å². The van der Waals surface area contributed by atoms with Crippen LogP contribution in [0, 0.1) is 5.82 Å². The first-order valence-electron chi connectivity index (χ1n) is 12.6. The maximum atomic E-state index is 14.0. The van der Waals surface area contributed by atoms with Gasteiger partial charge < -0.3 is 24.4 Å². The Bertz CT molecular complexity index is 1450. The Labute approximate surface area is 218 Å². The van der Waals surface area contributed by atoms with Crippen molar-refractivity contribution in [2.24, 2.45) is 0 Å². The number of piperidine rings is 1. The summed E-state index contributed by atoms with van der Waals surface area (Å²) < 4.78 is 26.4. The van der Waals surface area contributed by atoms with Crippen LogP contribution in [0.5, 0.6) is 0 Å². The van der Waals surface area contributed by atoms with Gasteiger partial charge in [0.15, 0.2) is 5.65 Å². The van der Waals surface area contributed by atoms with E-state index in [1.165, 1.54) is 6.07 Å². The first kappa shape index (κ1) is 24.1. The Morgan fingerprint density at radius 1 is 1.05 bits per heavy atom. The van der Waals surface area contributed by atoms with Gasteiger partial charge in [0.05, 0.1) is 31.1 Å². The van der Waals surface area contributed by atoms with Gasteiger partial charge in [0, 0.05) is 32.5 Å². The third kappa shape index (κ3) is 4.84. The van der Waals surface area contributed by atoms with Crippen molar-refractivity contribution in [2.75, 3.05) is 42.6 Å². The minimum atomic E-state index is -1.23. The molecule has 6 rings (SSSR count). The van der Waals surface area contributed by atoms with Gasteiger partial charge in [0.1, 0.15) is 29.3 Å². The smallest absolute Gasteiger partial charge is 0.450 e. The van der Waals surface area contributed by atoms with Crippen molar-refractivity contribution in [3.8, 4) is 11.4 Å². The largest absolute Gasteiger partial charge is 0.506 e. The number of anilines is 2. The summed E-state index contributed by atoms with van der Waals surface area (Å²) in [5.41, 5.74) is 3.01. The van der Waals surface area contributed by atoms with Crippen LogP contribution >= 0.6 is 0 Å². The number of fused-ring (bicyclic) bond motifs is 1. The Balaban J connectivity index is 1.28. The molecule has 3 aromatic heterocycles. The molecule has 0 spiro atoms. The molecule has 2 saturated heterocycles.